The predicted octanol–water partition coefficient (Wildman–Crippen LogP) is 1.78. The first-order valence-electron chi connectivity index (χ1n) is 4.47. The van der Waals surface area contributed by atoms with Crippen molar-refractivity contribution in [1.82, 2.24) is 0 Å². The second-order valence-corrected chi connectivity index (χ2v) is 4.40. The number of carbonyl (C=O) groups is 1. The van der Waals surface area contributed by atoms with E-state index in [0.717, 1.165) is 23.7 Å². The van der Waals surface area contributed by atoms with E-state index in [4.69, 9.17) is 9.47 Å². The van der Waals surface area contributed by atoms with Crippen LogP contribution in [0.5, 0.6) is 0 Å². The van der Waals surface area contributed by atoms with Crippen LogP contribution in [0.4, 0.5) is 0 Å². The zero-order valence-electron chi connectivity index (χ0n) is 7.85. The summed E-state index contributed by atoms with van der Waals surface area (Å²) in [5.41, 5.74) is -0.256. The van der Waals surface area contributed by atoms with Gasteiger partial charge < -0.3 is 9.47 Å². The Balaban J connectivity index is 2.66. The fourth-order valence-corrected chi connectivity index (χ4v) is 2.75. The van der Waals surface area contributed by atoms with E-state index >= 15 is 0 Å². The summed E-state index contributed by atoms with van der Waals surface area (Å²) in [7, 11) is 1.47. The first-order chi connectivity index (χ1) is 6.25. The van der Waals surface area contributed by atoms with Crippen molar-refractivity contribution in [2.24, 2.45) is 5.41 Å². The number of hydrogen-bond acceptors (Lipinski definition) is 3. The highest BCUT2D eigenvalue weighted by molar-refractivity contribution is 14.1. The molecule has 1 heterocycles. The molecule has 0 aromatic heterocycles. The maximum absolute atomic E-state index is 11.6. The number of esters is 1. The van der Waals surface area contributed by atoms with E-state index in [1.165, 1.54) is 7.11 Å². The normalized spacial score (nSPS) is 21.1. The van der Waals surface area contributed by atoms with Gasteiger partial charge in [0.15, 0.2) is 0 Å². The quantitative estimate of drug-likeness (QED) is 0.453. The highest BCUT2D eigenvalue weighted by Gasteiger charge is 2.40. The molecule has 0 aromatic rings. The van der Waals surface area contributed by atoms with Crippen LogP contribution < -0.4 is 0 Å². The SMILES string of the molecule is COC(=O)C1(CCI)CCOCC1. The van der Waals surface area contributed by atoms with Gasteiger partial charge in [-0.3, -0.25) is 4.79 Å². The standard InChI is InChI=1S/C9H15IO3/c1-12-8(11)9(2-5-10)3-6-13-7-4-9/h2-7H2,1H3. The number of ether oxygens (including phenoxy) is 2. The van der Waals surface area contributed by atoms with Gasteiger partial charge in [0, 0.05) is 17.6 Å². The van der Waals surface area contributed by atoms with Gasteiger partial charge in [-0.2, -0.15) is 0 Å². The molecule has 1 saturated heterocycles. The van der Waals surface area contributed by atoms with Crippen LogP contribution in [0, 0.1) is 5.41 Å². The number of hydrogen-bond donors (Lipinski definition) is 0. The van der Waals surface area contributed by atoms with E-state index in [1.807, 2.05) is 0 Å². The van der Waals surface area contributed by atoms with Crippen LogP contribution in [0.3, 0.4) is 0 Å². The molecule has 3 nitrogen and oxygen atoms in total. The van der Waals surface area contributed by atoms with E-state index in [-0.39, 0.29) is 11.4 Å². The van der Waals surface area contributed by atoms with Crippen LogP contribution >= 0.6 is 22.6 Å². The van der Waals surface area contributed by atoms with Crippen LogP contribution in [0.1, 0.15) is 19.3 Å². The fraction of sp³-hybridized carbons (Fsp3) is 0.889. The number of methoxy groups -OCH3 is 1. The van der Waals surface area contributed by atoms with E-state index in [9.17, 15) is 4.79 Å². The predicted molar refractivity (Wildman–Crippen MR) is 58.0 cm³/mol. The molecular weight excluding hydrogens is 283 g/mol. The van der Waals surface area contributed by atoms with Crippen molar-refractivity contribution >= 4 is 28.6 Å². The summed E-state index contributed by atoms with van der Waals surface area (Å²) in [6.45, 7) is 1.37. The number of rotatable bonds is 3. The second kappa shape index (κ2) is 5.14. The van der Waals surface area contributed by atoms with Crippen LogP contribution in [-0.4, -0.2) is 30.7 Å². The molecule has 1 aliphatic rings. The smallest absolute Gasteiger partial charge is 0.311 e. The molecule has 0 atom stereocenters. The van der Waals surface area contributed by atoms with E-state index in [2.05, 4.69) is 22.6 Å². The summed E-state index contributed by atoms with van der Waals surface area (Å²) >= 11 is 2.30. The lowest BCUT2D eigenvalue weighted by atomic mass is 9.78. The molecule has 0 unspecified atom stereocenters. The molecule has 0 saturated carbocycles. The minimum Gasteiger partial charge on any atom is -0.469 e. The lowest BCUT2D eigenvalue weighted by Gasteiger charge is -2.33. The molecule has 0 aliphatic carbocycles. The van der Waals surface area contributed by atoms with Gasteiger partial charge in [0.05, 0.1) is 12.5 Å². The van der Waals surface area contributed by atoms with Crippen molar-refractivity contribution in [3.63, 3.8) is 0 Å². The van der Waals surface area contributed by atoms with E-state index in [0.29, 0.717) is 13.2 Å². The Hall–Kier alpha value is 0.160. The van der Waals surface area contributed by atoms with Crippen molar-refractivity contribution in [3.8, 4) is 0 Å². The molecule has 4 heteroatoms. The largest absolute Gasteiger partial charge is 0.469 e. The third kappa shape index (κ3) is 2.56. The first-order valence-corrected chi connectivity index (χ1v) is 6.00. The van der Waals surface area contributed by atoms with Gasteiger partial charge in [-0.25, -0.2) is 0 Å². The van der Waals surface area contributed by atoms with Crippen molar-refractivity contribution < 1.29 is 14.3 Å². The minimum atomic E-state index is -0.256. The fourth-order valence-electron chi connectivity index (χ4n) is 1.72. The topological polar surface area (TPSA) is 35.5 Å². The van der Waals surface area contributed by atoms with Crippen molar-refractivity contribution in [1.29, 1.82) is 0 Å². The molecule has 0 aromatic carbocycles. The number of alkyl halides is 1. The van der Waals surface area contributed by atoms with Crippen LogP contribution in [-0.2, 0) is 14.3 Å². The number of halogens is 1. The summed E-state index contributed by atoms with van der Waals surface area (Å²) in [6, 6.07) is 0. The summed E-state index contributed by atoms with van der Waals surface area (Å²) in [5.74, 6) is -0.0625. The summed E-state index contributed by atoms with van der Waals surface area (Å²) in [4.78, 5) is 11.6. The lowest BCUT2D eigenvalue weighted by molar-refractivity contribution is -0.158. The van der Waals surface area contributed by atoms with Gasteiger partial charge in [0.25, 0.3) is 0 Å². The maximum Gasteiger partial charge on any atom is 0.311 e. The van der Waals surface area contributed by atoms with E-state index in [1.54, 1.807) is 0 Å². The first kappa shape index (κ1) is 11.2. The van der Waals surface area contributed by atoms with Gasteiger partial charge in [-0.15, -0.1) is 0 Å². The van der Waals surface area contributed by atoms with Gasteiger partial charge in [-0.1, -0.05) is 22.6 Å². The van der Waals surface area contributed by atoms with Crippen LogP contribution in [0.15, 0.2) is 0 Å². The second-order valence-electron chi connectivity index (χ2n) is 3.32. The Labute approximate surface area is 92.3 Å². The Bertz CT molecular complexity index is 170. The zero-order chi connectivity index (χ0) is 9.73. The Morgan fingerprint density at radius 3 is 2.62 bits per heavy atom. The Morgan fingerprint density at radius 1 is 1.54 bits per heavy atom. The molecule has 1 rings (SSSR count). The van der Waals surface area contributed by atoms with Gasteiger partial charge in [0.2, 0.25) is 0 Å². The maximum atomic E-state index is 11.6. The van der Waals surface area contributed by atoms with Crippen molar-refractivity contribution in [3.05, 3.63) is 0 Å². The average molecular weight is 298 g/mol. The zero-order valence-corrected chi connectivity index (χ0v) is 10.0. The highest BCUT2D eigenvalue weighted by atomic mass is 127. The average Bonchev–Trinajstić information content (AvgIpc) is 2.18. The molecule has 0 N–H and O–H groups in total. The molecule has 0 spiro atoms. The summed E-state index contributed by atoms with van der Waals surface area (Å²) in [5, 5.41) is 0. The number of carbonyl (C=O) groups excluding carboxylic acids is 1. The molecule has 0 radical (unpaired) electrons. The van der Waals surface area contributed by atoms with Gasteiger partial charge in [-0.05, 0) is 19.3 Å². The van der Waals surface area contributed by atoms with Crippen LogP contribution in [0.25, 0.3) is 0 Å². The molecule has 0 amide bonds. The molecular formula is C9H15IO3. The summed E-state index contributed by atoms with van der Waals surface area (Å²) in [6.07, 6.45) is 2.52. The monoisotopic (exact) mass is 298 g/mol. The van der Waals surface area contributed by atoms with Crippen LogP contribution in [0.2, 0.25) is 0 Å². The Kier molecular flexibility index (Phi) is 4.45. The molecule has 1 aliphatic heterocycles. The Morgan fingerprint density at radius 2 is 2.15 bits per heavy atom. The van der Waals surface area contributed by atoms with Gasteiger partial charge in [0.1, 0.15) is 0 Å². The summed E-state index contributed by atoms with van der Waals surface area (Å²) < 4.78 is 11.1. The molecule has 13 heavy (non-hydrogen) atoms. The lowest BCUT2D eigenvalue weighted by Crippen LogP contribution is -2.38. The van der Waals surface area contributed by atoms with Crippen molar-refractivity contribution in [2.75, 3.05) is 24.8 Å². The third-order valence-corrected chi connectivity index (χ3v) is 3.18. The molecule has 0 bridgehead atoms. The minimum absolute atomic E-state index is 0.0625. The van der Waals surface area contributed by atoms with E-state index < -0.39 is 0 Å². The highest BCUT2D eigenvalue weighted by Crippen LogP contribution is 2.35. The third-order valence-electron chi connectivity index (χ3n) is 2.64. The van der Waals surface area contributed by atoms with Gasteiger partial charge >= 0.3 is 5.97 Å². The molecule has 1 fully saturated rings. The van der Waals surface area contributed by atoms with Crippen molar-refractivity contribution in [2.45, 2.75) is 19.3 Å². The molecule has 76 valence electrons.